The third-order valence-electron chi connectivity index (χ3n) is 2.54. The van der Waals surface area contributed by atoms with Gasteiger partial charge in [0.05, 0.1) is 6.61 Å². The maximum Gasteiger partial charge on any atom is 0.488 e. The molecule has 0 aliphatic heterocycles. The molecule has 0 saturated carbocycles. The monoisotopic (exact) mass is 268 g/mol. The van der Waals surface area contributed by atoms with Gasteiger partial charge in [-0.2, -0.15) is 11.8 Å². The summed E-state index contributed by atoms with van der Waals surface area (Å²) in [6, 6.07) is 6.91. The van der Waals surface area contributed by atoms with Crippen LogP contribution in [0.3, 0.4) is 0 Å². The lowest BCUT2D eigenvalue weighted by molar-refractivity contribution is 0.344. The molecule has 0 fully saturated rings. The number of rotatable bonds is 9. The van der Waals surface area contributed by atoms with E-state index in [-0.39, 0.29) is 0 Å². The van der Waals surface area contributed by atoms with Crippen LogP contribution in [0.2, 0.25) is 0 Å². The van der Waals surface area contributed by atoms with Crippen molar-refractivity contribution >= 4 is 24.3 Å². The van der Waals surface area contributed by atoms with Gasteiger partial charge in [0.15, 0.2) is 0 Å². The van der Waals surface area contributed by atoms with Crippen molar-refractivity contribution in [2.75, 3.05) is 18.1 Å². The van der Waals surface area contributed by atoms with Crippen LogP contribution in [0.15, 0.2) is 24.3 Å². The van der Waals surface area contributed by atoms with E-state index in [2.05, 4.69) is 6.92 Å². The number of hydrogen-bond acceptors (Lipinski definition) is 4. The molecule has 5 heteroatoms. The van der Waals surface area contributed by atoms with Gasteiger partial charge in [-0.25, -0.2) is 0 Å². The van der Waals surface area contributed by atoms with Crippen LogP contribution in [0.1, 0.15) is 26.2 Å². The van der Waals surface area contributed by atoms with Crippen LogP contribution in [0, 0.1) is 0 Å². The van der Waals surface area contributed by atoms with Crippen molar-refractivity contribution in [3.63, 3.8) is 0 Å². The SMILES string of the molecule is CCCCCSCCOc1cccc(B(O)O)c1. The average Bonchev–Trinajstić information content (AvgIpc) is 2.38. The third kappa shape index (κ3) is 6.33. The van der Waals surface area contributed by atoms with Crippen LogP contribution in [0.5, 0.6) is 5.75 Å². The topological polar surface area (TPSA) is 49.7 Å². The van der Waals surface area contributed by atoms with E-state index >= 15 is 0 Å². The largest absolute Gasteiger partial charge is 0.493 e. The molecular weight excluding hydrogens is 247 g/mol. The first-order valence-corrected chi connectivity index (χ1v) is 7.56. The average molecular weight is 268 g/mol. The molecule has 1 aromatic carbocycles. The van der Waals surface area contributed by atoms with E-state index < -0.39 is 7.12 Å². The molecule has 18 heavy (non-hydrogen) atoms. The Morgan fingerprint density at radius 3 is 2.78 bits per heavy atom. The number of thioether (sulfide) groups is 1. The van der Waals surface area contributed by atoms with Gasteiger partial charge in [0.1, 0.15) is 5.75 Å². The summed E-state index contributed by atoms with van der Waals surface area (Å²) in [5, 5.41) is 18.1. The third-order valence-corrected chi connectivity index (χ3v) is 3.58. The summed E-state index contributed by atoms with van der Waals surface area (Å²) in [6.07, 6.45) is 3.82. The van der Waals surface area contributed by atoms with E-state index in [0.717, 1.165) is 5.75 Å². The van der Waals surface area contributed by atoms with E-state index in [1.807, 2.05) is 17.8 Å². The first kappa shape index (κ1) is 15.4. The predicted molar refractivity (Wildman–Crippen MR) is 78.6 cm³/mol. The highest BCUT2D eigenvalue weighted by Crippen LogP contribution is 2.10. The Bertz CT molecular complexity index is 334. The molecule has 0 aliphatic carbocycles. The molecule has 0 aliphatic rings. The van der Waals surface area contributed by atoms with Crippen LogP contribution in [0.25, 0.3) is 0 Å². The summed E-state index contributed by atoms with van der Waals surface area (Å²) in [5.74, 6) is 2.84. The van der Waals surface area contributed by atoms with Crippen LogP contribution in [0.4, 0.5) is 0 Å². The van der Waals surface area contributed by atoms with Gasteiger partial charge in [-0.1, -0.05) is 31.9 Å². The number of unbranched alkanes of at least 4 members (excludes halogenated alkanes) is 2. The lowest BCUT2D eigenvalue weighted by Crippen LogP contribution is -2.29. The minimum absolute atomic E-state index is 0.461. The molecule has 0 aromatic heterocycles. The Kier molecular flexibility index (Phi) is 7.97. The van der Waals surface area contributed by atoms with Gasteiger partial charge in [-0.05, 0) is 29.8 Å². The highest BCUT2D eigenvalue weighted by Gasteiger charge is 2.10. The quantitative estimate of drug-likeness (QED) is 0.528. The molecule has 3 nitrogen and oxygen atoms in total. The van der Waals surface area contributed by atoms with Gasteiger partial charge in [0.25, 0.3) is 0 Å². The summed E-state index contributed by atoms with van der Waals surface area (Å²) in [5.41, 5.74) is 0.461. The zero-order chi connectivity index (χ0) is 13.2. The summed E-state index contributed by atoms with van der Waals surface area (Å²) in [4.78, 5) is 0. The molecule has 0 amide bonds. The molecular formula is C13H21BO3S. The summed E-state index contributed by atoms with van der Waals surface area (Å²) in [6.45, 7) is 2.86. The molecule has 0 atom stereocenters. The summed E-state index contributed by atoms with van der Waals surface area (Å²) >= 11 is 1.90. The fourth-order valence-corrected chi connectivity index (χ4v) is 2.35. The molecule has 1 aromatic rings. The van der Waals surface area contributed by atoms with Crippen molar-refractivity contribution in [1.29, 1.82) is 0 Å². The maximum atomic E-state index is 9.04. The minimum atomic E-state index is -1.43. The van der Waals surface area contributed by atoms with Crippen molar-refractivity contribution in [2.24, 2.45) is 0 Å². The summed E-state index contributed by atoms with van der Waals surface area (Å²) in [7, 11) is -1.43. The van der Waals surface area contributed by atoms with Crippen LogP contribution in [-0.4, -0.2) is 35.3 Å². The Morgan fingerprint density at radius 1 is 1.22 bits per heavy atom. The van der Waals surface area contributed by atoms with Gasteiger partial charge in [0.2, 0.25) is 0 Å². The van der Waals surface area contributed by atoms with Gasteiger partial charge < -0.3 is 14.8 Å². The Labute approximate surface area is 114 Å². The lowest BCUT2D eigenvalue weighted by atomic mass is 9.80. The molecule has 0 saturated heterocycles. The lowest BCUT2D eigenvalue weighted by Gasteiger charge is -2.07. The highest BCUT2D eigenvalue weighted by atomic mass is 32.2. The molecule has 1 rings (SSSR count). The summed E-state index contributed by atoms with van der Waals surface area (Å²) < 4.78 is 5.56. The second-order valence-electron chi connectivity index (χ2n) is 4.11. The van der Waals surface area contributed by atoms with E-state index in [1.54, 1.807) is 18.2 Å². The number of benzene rings is 1. The zero-order valence-electron chi connectivity index (χ0n) is 10.8. The van der Waals surface area contributed by atoms with Crippen LogP contribution >= 0.6 is 11.8 Å². The zero-order valence-corrected chi connectivity index (χ0v) is 11.7. The molecule has 0 bridgehead atoms. The molecule has 0 heterocycles. The standard InChI is InChI=1S/C13H21BO3S/c1-2-3-4-9-18-10-8-17-13-7-5-6-12(11-13)14(15)16/h5-7,11,15-16H,2-4,8-10H2,1H3. The van der Waals surface area contributed by atoms with E-state index in [1.165, 1.54) is 25.0 Å². The smallest absolute Gasteiger partial charge is 0.488 e. The fraction of sp³-hybridized carbons (Fsp3) is 0.538. The van der Waals surface area contributed by atoms with Crippen molar-refractivity contribution < 1.29 is 14.8 Å². The van der Waals surface area contributed by atoms with Gasteiger partial charge >= 0.3 is 7.12 Å². The number of ether oxygens (including phenoxy) is 1. The molecule has 0 radical (unpaired) electrons. The Hall–Kier alpha value is -0.645. The minimum Gasteiger partial charge on any atom is -0.493 e. The van der Waals surface area contributed by atoms with Gasteiger partial charge in [-0.15, -0.1) is 0 Å². The Balaban J connectivity index is 2.17. The van der Waals surface area contributed by atoms with Crippen molar-refractivity contribution in [1.82, 2.24) is 0 Å². The molecule has 0 spiro atoms. The van der Waals surface area contributed by atoms with Crippen molar-refractivity contribution in [3.05, 3.63) is 24.3 Å². The molecule has 2 N–H and O–H groups in total. The van der Waals surface area contributed by atoms with Crippen molar-refractivity contribution in [2.45, 2.75) is 26.2 Å². The first-order valence-electron chi connectivity index (χ1n) is 6.40. The van der Waals surface area contributed by atoms with E-state index in [9.17, 15) is 0 Å². The van der Waals surface area contributed by atoms with Crippen LogP contribution in [-0.2, 0) is 0 Å². The van der Waals surface area contributed by atoms with Gasteiger partial charge in [0, 0.05) is 5.75 Å². The second-order valence-corrected chi connectivity index (χ2v) is 5.34. The molecule has 0 unspecified atom stereocenters. The number of hydrogen-bond donors (Lipinski definition) is 2. The van der Waals surface area contributed by atoms with E-state index in [4.69, 9.17) is 14.8 Å². The van der Waals surface area contributed by atoms with Gasteiger partial charge in [-0.3, -0.25) is 0 Å². The maximum absolute atomic E-state index is 9.04. The molecule has 100 valence electrons. The first-order chi connectivity index (χ1) is 8.74. The fourth-order valence-electron chi connectivity index (χ4n) is 1.54. The second kappa shape index (κ2) is 9.31. The van der Waals surface area contributed by atoms with Crippen LogP contribution < -0.4 is 10.2 Å². The highest BCUT2D eigenvalue weighted by molar-refractivity contribution is 7.99. The van der Waals surface area contributed by atoms with Crippen molar-refractivity contribution in [3.8, 4) is 5.75 Å². The Morgan fingerprint density at radius 2 is 2.06 bits per heavy atom. The predicted octanol–water partition coefficient (Wildman–Crippen LogP) is 1.67. The van der Waals surface area contributed by atoms with E-state index in [0.29, 0.717) is 17.8 Å². The normalized spacial score (nSPS) is 10.4.